The molecule has 7 heteroatoms. The van der Waals surface area contributed by atoms with Gasteiger partial charge in [0, 0.05) is 46.2 Å². The Morgan fingerprint density at radius 3 is 2.76 bits per heavy atom. The zero-order valence-corrected chi connectivity index (χ0v) is 14.7. The van der Waals surface area contributed by atoms with E-state index in [1.165, 1.54) is 11.8 Å². The summed E-state index contributed by atoms with van der Waals surface area (Å²) in [7, 11) is 3.57. The monoisotopic (exact) mass is 341 g/mol. The summed E-state index contributed by atoms with van der Waals surface area (Å²) >= 11 is 0. The normalized spacial score (nSPS) is 19.6. The molecule has 2 heterocycles. The van der Waals surface area contributed by atoms with Crippen molar-refractivity contribution in [1.29, 1.82) is 0 Å². The number of anilines is 2. The predicted octanol–water partition coefficient (Wildman–Crippen LogP) is 1.34. The van der Waals surface area contributed by atoms with Gasteiger partial charge in [0.15, 0.2) is 0 Å². The van der Waals surface area contributed by atoms with Gasteiger partial charge in [-0.2, -0.15) is 5.10 Å². The minimum atomic E-state index is -0.181. The molecule has 2 N–H and O–H groups in total. The van der Waals surface area contributed by atoms with Crippen molar-refractivity contribution in [2.24, 2.45) is 13.0 Å². The molecule has 1 aliphatic heterocycles. The molecule has 7 nitrogen and oxygen atoms in total. The molecule has 3 rings (SSSR count). The fourth-order valence-corrected chi connectivity index (χ4v) is 3.20. The zero-order valence-electron chi connectivity index (χ0n) is 14.7. The number of hydrogen-bond donors (Lipinski definition) is 2. The van der Waals surface area contributed by atoms with Crippen LogP contribution >= 0.6 is 0 Å². The Morgan fingerprint density at radius 1 is 1.32 bits per heavy atom. The third kappa shape index (κ3) is 3.56. The van der Waals surface area contributed by atoms with Crippen LogP contribution in [0.25, 0.3) is 0 Å². The highest BCUT2D eigenvalue weighted by atomic mass is 16.2. The van der Waals surface area contributed by atoms with Crippen LogP contribution in [0.2, 0.25) is 0 Å². The number of aromatic nitrogens is 2. The topological polar surface area (TPSA) is 79.3 Å². The van der Waals surface area contributed by atoms with Crippen LogP contribution in [-0.2, 0) is 16.6 Å². The lowest BCUT2D eigenvalue weighted by Gasteiger charge is -2.22. The number of amides is 2. The fraction of sp³-hybridized carbons (Fsp3) is 0.389. The SMILES string of the molecule is CC(=O)N(C)c1ccccc1NC(=O)[C@H]1CNC[C@@H]1c1cnn(C)c1. The third-order valence-electron chi connectivity index (χ3n) is 4.70. The number of nitrogens with zero attached hydrogens (tertiary/aromatic N) is 3. The first-order valence-electron chi connectivity index (χ1n) is 8.31. The first-order valence-corrected chi connectivity index (χ1v) is 8.31. The maximum Gasteiger partial charge on any atom is 0.229 e. The van der Waals surface area contributed by atoms with Crippen molar-refractivity contribution in [2.75, 3.05) is 30.4 Å². The van der Waals surface area contributed by atoms with Gasteiger partial charge < -0.3 is 15.5 Å². The maximum absolute atomic E-state index is 12.9. The van der Waals surface area contributed by atoms with Gasteiger partial charge >= 0.3 is 0 Å². The van der Waals surface area contributed by atoms with Gasteiger partial charge in [0.2, 0.25) is 11.8 Å². The van der Waals surface area contributed by atoms with Gasteiger partial charge in [0.05, 0.1) is 23.5 Å². The molecule has 1 aromatic heterocycles. The fourth-order valence-electron chi connectivity index (χ4n) is 3.20. The highest BCUT2D eigenvalue weighted by Gasteiger charge is 2.35. The summed E-state index contributed by atoms with van der Waals surface area (Å²) in [6, 6.07) is 7.33. The molecule has 0 bridgehead atoms. The number of carbonyl (C=O) groups is 2. The highest BCUT2D eigenvalue weighted by molar-refractivity contribution is 6.01. The van der Waals surface area contributed by atoms with Gasteiger partial charge in [-0.1, -0.05) is 12.1 Å². The largest absolute Gasteiger partial charge is 0.324 e. The molecule has 0 radical (unpaired) electrons. The van der Waals surface area contributed by atoms with E-state index in [4.69, 9.17) is 0 Å². The maximum atomic E-state index is 12.9. The summed E-state index contributed by atoms with van der Waals surface area (Å²) in [4.78, 5) is 26.1. The lowest BCUT2D eigenvalue weighted by Crippen LogP contribution is -2.30. The second kappa shape index (κ2) is 7.06. The van der Waals surface area contributed by atoms with Crippen LogP contribution in [0.15, 0.2) is 36.7 Å². The van der Waals surface area contributed by atoms with E-state index >= 15 is 0 Å². The molecule has 2 amide bonds. The minimum Gasteiger partial charge on any atom is -0.324 e. The van der Waals surface area contributed by atoms with Crippen molar-refractivity contribution in [3.8, 4) is 0 Å². The van der Waals surface area contributed by atoms with E-state index in [1.807, 2.05) is 43.7 Å². The zero-order chi connectivity index (χ0) is 18.0. The number of benzene rings is 1. The average Bonchev–Trinajstić information content (AvgIpc) is 3.23. The number of nitrogens with one attached hydrogen (secondary N) is 2. The number of carbonyl (C=O) groups excluding carboxylic acids is 2. The van der Waals surface area contributed by atoms with Crippen LogP contribution in [0.5, 0.6) is 0 Å². The lowest BCUT2D eigenvalue weighted by molar-refractivity contribution is -0.120. The molecular weight excluding hydrogens is 318 g/mol. The minimum absolute atomic E-state index is 0.0525. The van der Waals surface area contributed by atoms with E-state index < -0.39 is 0 Å². The molecular formula is C18H23N5O2. The molecule has 2 atom stereocenters. The quantitative estimate of drug-likeness (QED) is 0.880. The van der Waals surface area contributed by atoms with Crippen molar-refractivity contribution in [3.63, 3.8) is 0 Å². The molecule has 1 saturated heterocycles. The van der Waals surface area contributed by atoms with Crippen LogP contribution in [-0.4, -0.2) is 41.7 Å². The lowest BCUT2D eigenvalue weighted by atomic mass is 9.90. The van der Waals surface area contributed by atoms with Gasteiger partial charge in [-0.25, -0.2) is 0 Å². The third-order valence-corrected chi connectivity index (χ3v) is 4.70. The van der Waals surface area contributed by atoms with Gasteiger partial charge in [0.1, 0.15) is 0 Å². The van der Waals surface area contributed by atoms with Gasteiger partial charge in [-0.15, -0.1) is 0 Å². The van der Waals surface area contributed by atoms with E-state index in [0.29, 0.717) is 17.9 Å². The molecule has 1 aromatic carbocycles. The number of para-hydroxylation sites is 2. The first-order chi connectivity index (χ1) is 12.0. The number of aryl methyl sites for hydroxylation is 1. The van der Waals surface area contributed by atoms with E-state index in [1.54, 1.807) is 11.7 Å². The number of rotatable bonds is 4. The Labute approximate surface area is 147 Å². The van der Waals surface area contributed by atoms with Crippen molar-refractivity contribution >= 4 is 23.2 Å². The Morgan fingerprint density at radius 2 is 2.08 bits per heavy atom. The molecule has 132 valence electrons. The highest BCUT2D eigenvalue weighted by Crippen LogP contribution is 2.31. The molecule has 25 heavy (non-hydrogen) atoms. The Hall–Kier alpha value is -2.67. The van der Waals surface area contributed by atoms with E-state index in [9.17, 15) is 9.59 Å². The smallest absolute Gasteiger partial charge is 0.229 e. The molecule has 1 fully saturated rings. The standard InChI is InChI=1S/C18H23N5O2/c1-12(24)23(3)17-7-5-4-6-16(17)21-18(25)15-10-19-9-14(15)13-8-20-22(2)11-13/h4-8,11,14-15,19H,9-10H2,1-3H3,(H,21,25)/t14-,15+/m1/s1. The van der Waals surface area contributed by atoms with Crippen LogP contribution in [0.3, 0.4) is 0 Å². The first kappa shape index (κ1) is 17.2. The Bertz CT molecular complexity index is 785. The molecule has 0 saturated carbocycles. The Balaban J connectivity index is 1.79. The van der Waals surface area contributed by atoms with E-state index in [2.05, 4.69) is 15.7 Å². The van der Waals surface area contributed by atoms with Gasteiger partial charge in [-0.05, 0) is 17.7 Å². The van der Waals surface area contributed by atoms with Crippen molar-refractivity contribution in [1.82, 2.24) is 15.1 Å². The summed E-state index contributed by atoms with van der Waals surface area (Å²) in [6.45, 7) is 2.87. The summed E-state index contributed by atoms with van der Waals surface area (Å²) in [5, 5.41) is 10.5. The summed E-state index contributed by atoms with van der Waals surface area (Å²) in [5.41, 5.74) is 2.39. The Kier molecular flexibility index (Phi) is 4.85. The molecule has 0 spiro atoms. The van der Waals surface area contributed by atoms with Gasteiger partial charge in [0.25, 0.3) is 0 Å². The van der Waals surface area contributed by atoms with Crippen LogP contribution in [0.4, 0.5) is 11.4 Å². The van der Waals surface area contributed by atoms with E-state index in [0.717, 1.165) is 12.1 Å². The van der Waals surface area contributed by atoms with Crippen LogP contribution < -0.4 is 15.5 Å². The summed E-state index contributed by atoms with van der Waals surface area (Å²) < 4.78 is 1.75. The molecule has 0 unspecified atom stereocenters. The van der Waals surface area contributed by atoms with Crippen molar-refractivity contribution in [2.45, 2.75) is 12.8 Å². The predicted molar refractivity (Wildman–Crippen MR) is 96.5 cm³/mol. The average molecular weight is 341 g/mol. The summed E-state index contributed by atoms with van der Waals surface area (Å²) in [5.74, 6) is -0.230. The molecule has 0 aliphatic carbocycles. The van der Waals surface area contributed by atoms with Crippen LogP contribution in [0, 0.1) is 5.92 Å². The second-order valence-corrected chi connectivity index (χ2v) is 6.40. The van der Waals surface area contributed by atoms with Crippen molar-refractivity contribution in [3.05, 3.63) is 42.2 Å². The van der Waals surface area contributed by atoms with Gasteiger partial charge in [-0.3, -0.25) is 14.3 Å². The summed E-state index contributed by atoms with van der Waals surface area (Å²) in [6.07, 6.45) is 3.77. The number of hydrogen-bond acceptors (Lipinski definition) is 4. The van der Waals surface area contributed by atoms with Crippen LogP contribution in [0.1, 0.15) is 18.4 Å². The van der Waals surface area contributed by atoms with E-state index in [-0.39, 0.29) is 23.7 Å². The van der Waals surface area contributed by atoms with Crippen molar-refractivity contribution < 1.29 is 9.59 Å². The molecule has 2 aromatic rings. The second-order valence-electron chi connectivity index (χ2n) is 6.40. The molecule has 1 aliphatic rings.